The van der Waals surface area contributed by atoms with Crippen molar-refractivity contribution in [2.75, 3.05) is 19.4 Å². The first-order valence-electron chi connectivity index (χ1n) is 9.75. The average Bonchev–Trinajstić information content (AvgIpc) is 3.40. The van der Waals surface area contributed by atoms with E-state index in [2.05, 4.69) is 15.5 Å². The smallest absolute Gasteiger partial charge is 0.259 e. The van der Waals surface area contributed by atoms with Gasteiger partial charge in [0.05, 0.1) is 32.1 Å². The van der Waals surface area contributed by atoms with Crippen molar-refractivity contribution < 1.29 is 17.7 Å². The molecule has 166 valence electrons. The fourth-order valence-corrected chi connectivity index (χ4v) is 5.03. The van der Waals surface area contributed by atoms with Gasteiger partial charge >= 0.3 is 0 Å². The van der Waals surface area contributed by atoms with Gasteiger partial charge in [-0.1, -0.05) is 11.2 Å². The Morgan fingerprint density at radius 3 is 2.56 bits per heavy atom. The third-order valence-electron chi connectivity index (χ3n) is 5.30. The number of nitrogens with one attached hydrogen (secondary N) is 1. The van der Waals surface area contributed by atoms with Gasteiger partial charge in [-0.25, -0.2) is 17.7 Å². The number of anilines is 1. The lowest BCUT2D eigenvalue weighted by atomic mass is 10.1. The van der Waals surface area contributed by atoms with Crippen molar-refractivity contribution in [2.24, 2.45) is 0 Å². The van der Waals surface area contributed by atoms with Crippen LogP contribution in [-0.4, -0.2) is 42.9 Å². The number of sulfonamides is 1. The van der Waals surface area contributed by atoms with Crippen molar-refractivity contribution >= 4 is 44.1 Å². The fourth-order valence-electron chi connectivity index (χ4n) is 3.33. The molecule has 0 bridgehead atoms. The van der Waals surface area contributed by atoms with Crippen LogP contribution in [0.5, 0.6) is 0 Å². The van der Waals surface area contributed by atoms with Gasteiger partial charge in [0.25, 0.3) is 11.6 Å². The van der Waals surface area contributed by atoms with Crippen molar-refractivity contribution in [1.82, 2.24) is 14.4 Å². The van der Waals surface area contributed by atoms with E-state index in [1.165, 1.54) is 31.5 Å². The third kappa shape index (κ3) is 3.81. The number of pyridine rings is 1. The van der Waals surface area contributed by atoms with Gasteiger partial charge in [0.1, 0.15) is 0 Å². The first-order valence-corrected chi connectivity index (χ1v) is 12.1. The summed E-state index contributed by atoms with van der Waals surface area (Å²) in [4.78, 5) is 18.9. The molecule has 0 aliphatic rings. The van der Waals surface area contributed by atoms with Gasteiger partial charge in [-0.15, -0.1) is 11.3 Å². The highest BCUT2D eigenvalue weighted by Gasteiger charge is 2.23. The van der Waals surface area contributed by atoms with Gasteiger partial charge in [-0.3, -0.25) is 4.79 Å². The first-order chi connectivity index (χ1) is 15.1. The van der Waals surface area contributed by atoms with E-state index >= 15 is 0 Å². The lowest BCUT2D eigenvalue weighted by Crippen LogP contribution is -2.23. The van der Waals surface area contributed by atoms with Crippen molar-refractivity contribution in [3.63, 3.8) is 0 Å². The molecule has 0 aliphatic heterocycles. The molecule has 3 aromatic heterocycles. The minimum Gasteiger partial charge on any atom is -0.335 e. The van der Waals surface area contributed by atoms with E-state index in [9.17, 15) is 13.2 Å². The molecule has 0 saturated heterocycles. The van der Waals surface area contributed by atoms with Gasteiger partial charge in [-0.2, -0.15) is 0 Å². The van der Waals surface area contributed by atoms with Gasteiger partial charge < -0.3 is 9.84 Å². The van der Waals surface area contributed by atoms with Crippen LogP contribution in [0, 0.1) is 20.8 Å². The highest BCUT2D eigenvalue weighted by atomic mass is 32.2. The molecule has 32 heavy (non-hydrogen) atoms. The summed E-state index contributed by atoms with van der Waals surface area (Å²) in [7, 11) is -0.720. The predicted molar refractivity (Wildman–Crippen MR) is 125 cm³/mol. The fraction of sp³-hybridized carbons (Fsp3) is 0.227. The molecular formula is C22H22N4O4S2. The van der Waals surface area contributed by atoms with E-state index in [1.54, 1.807) is 19.1 Å². The highest BCUT2D eigenvalue weighted by molar-refractivity contribution is 7.89. The second-order valence-electron chi connectivity index (χ2n) is 7.63. The van der Waals surface area contributed by atoms with Crippen molar-refractivity contribution in [1.29, 1.82) is 0 Å². The second-order valence-corrected chi connectivity index (χ2v) is 10.7. The summed E-state index contributed by atoms with van der Waals surface area (Å²) in [5, 5.41) is 9.30. The maximum atomic E-state index is 13.4. The zero-order valence-corrected chi connectivity index (χ0v) is 19.9. The Labute approximate surface area is 189 Å². The molecule has 4 rings (SSSR count). The zero-order valence-electron chi connectivity index (χ0n) is 18.3. The number of rotatable bonds is 5. The van der Waals surface area contributed by atoms with E-state index in [1.807, 2.05) is 31.4 Å². The molecule has 0 spiro atoms. The maximum Gasteiger partial charge on any atom is 0.259 e. The number of carbonyl (C=O) groups excluding carboxylic acids is 1. The largest absolute Gasteiger partial charge is 0.335 e. The molecule has 1 amide bonds. The van der Waals surface area contributed by atoms with E-state index in [-0.39, 0.29) is 10.6 Å². The second kappa shape index (κ2) is 8.12. The quantitative estimate of drug-likeness (QED) is 0.464. The van der Waals surface area contributed by atoms with Crippen LogP contribution in [0.2, 0.25) is 0 Å². The molecule has 4 aromatic rings. The number of hydrogen-bond acceptors (Lipinski definition) is 7. The van der Waals surface area contributed by atoms with Crippen molar-refractivity contribution in [3.05, 3.63) is 58.1 Å². The molecule has 3 heterocycles. The van der Waals surface area contributed by atoms with Gasteiger partial charge in [-0.05, 0) is 61.5 Å². The Morgan fingerprint density at radius 2 is 1.91 bits per heavy atom. The van der Waals surface area contributed by atoms with E-state index in [0.717, 1.165) is 20.3 Å². The molecule has 8 nitrogen and oxygen atoms in total. The Hall–Kier alpha value is -3.08. The van der Waals surface area contributed by atoms with E-state index in [0.29, 0.717) is 28.0 Å². The third-order valence-corrected chi connectivity index (χ3v) is 7.99. The van der Waals surface area contributed by atoms with E-state index in [4.69, 9.17) is 4.52 Å². The number of aromatic nitrogens is 2. The number of benzene rings is 1. The van der Waals surface area contributed by atoms with Crippen LogP contribution < -0.4 is 5.32 Å². The molecule has 0 radical (unpaired) electrons. The number of fused-ring (bicyclic) bond motifs is 1. The van der Waals surface area contributed by atoms with Crippen LogP contribution >= 0.6 is 11.3 Å². The number of aryl methyl sites for hydroxylation is 2. The SMILES string of the molecule is Cc1cc(S(=O)(=O)N(C)C)cc(NC(=O)c2cc(-c3cccs3)nc3onc(C)c23)c1C. The van der Waals surface area contributed by atoms with Crippen LogP contribution in [0.15, 0.2) is 45.1 Å². The van der Waals surface area contributed by atoms with Gasteiger partial charge in [0.15, 0.2) is 0 Å². The molecule has 0 fully saturated rings. The Balaban J connectivity index is 1.82. The van der Waals surface area contributed by atoms with Crippen molar-refractivity contribution in [3.8, 4) is 10.6 Å². The molecule has 1 N–H and O–H groups in total. The minimum absolute atomic E-state index is 0.112. The average molecular weight is 471 g/mol. The van der Waals surface area contributed by atoms with Crippen LogP contribution in [0.25, 0.3) is 21.7 Å². The number of carbonyl (C=O) groups is 1. The van der Waals surface area contributed by atoms with Crippen LogP contribution in [0.3, 0.4) is 0 Å². The Morgan fingerprint density at radius 1 is 1.16 bits per heavy atom. The maximum absolute atomic E-state index is 13.4. The molecule has 0 atom stereocenters. The summed E-state index contributed by atoms with van der Waals surface area (Å²) >= 11 is 1.50. The number of nitrogens with zero attached hydrogens (tertiary/aromatic N) is 3. The van der Waals surface area contributed by atoms with Gasteiger partial charge in [0, 0.05) is 19.8 Å². The van der Waals surface area contributed by atoms with Gasteiger partial charge in [0.2, 0.25) is 10.0 Å². The standard InChI is InChI=1S/C22H22N4O4S2/c1-12-9-15(32(28,29)26(4)5)10-17(13(12)2)23-21(27)16-11-18(19-7-6-8-31-19)24-22-20(16)14(3)25-30-22/h6-11H,1-5H3,(H,23,27). The highest BCUT2D eigenvalue weighted by Crippen LogP contribution is 2.31. The topological polar surface area (TPSA) is 105 Å². The molecule has 0 aliphatic carbocycles. The molecule has 0 unspecified atom stereocenters. The molecular weight excluding hydrogens is 448 g/mol. The summed E-state index contributed by atoms with van der Waals surface area (Å²) in [5.41, 5.74) is 3.74. The number of hydrogen-bond donors (Lipinski definition) is 1. The van der Waals surface area contributed by atoms with Crippen molar-refractivity contribution in [2.45, 2.75) is 25.7 Å². The first kappa shape index (κ1) is 22.1. The predicted octanol–water partition coefficient (Wildman–Crippen LogP) is 4.38. The van der Waals surface area contributed by atoms with Crippen LogP contribution in [-0.2, 0) is 10.0 Å². The summed E-state index contributed by atoms with van der Waals surface area (Å²) < 4.78 is 31.8. The molecule has 0 saturated carbocycles. The molecule has 1 aromatic carbocycles. The minimum atomic E-state index is -3.66. The summed E-state index contributed by atoms with van der Waals surface area (Å²) in [5.74, 6) is -0.400. The summed E-state index contributed by atoms with van der Waals surface area (Å²) in [6.45, 7) is 5.39. The zero-order chi connectivity index (χ0) is 23.2. The van der Waals surface area contributed by atoms with Crippen LogP contribution in [0.1, 0.15) is 27.2 Å². The van der Waals surface area contributed by atoms with Crippen LogP contribution in [0.4, 0.5) is 5.69 Å². The summed E-state index contributed by atoms with van der Waals surface area (Å²) in [6, 6.07) is 8.60. The summed E-state index contributed by atoms with van der Waals surface area (Å²) in [6.07, 6.45) is 0. The number of thiophene rings is 1. The lowest BCUT2D eigenvalue weighted by Gasteiger charge is -2.16. The lowest BCUT2D eigenvalue weighted by molar-refractivity contribution is 0.102. The Kier molecular flexibility index (Phi) is 5.61. The number of amides is 1. The Bertz CT molecular complexity index is 1440. The monoisotopic (exact) mass is 470 g/mol. The molecule has 10 heteroatoms. The normalized spacial score (nSPS) is 11.9. The van der Waals surface area contributed by atoms with E-state index < -0.39 is 15.9 Å².